The Labute approximate surface area is 159 Å². The number of nitrogens with zero attached hydrogens (tertiary/aromatic N) is 3. The minimum Gasteiger partial charge on any atom is -0.494 e. The Morgan fingerprint density at radius 3 is 2.67 bits per heavy atom. The van der Waals surface area contributed by atoms with Gasteiger partial charge in [0, 0.05) is 24.3 Å². The fourth-order valence-corrected chi connectivity index (χ4v) is 3.91. The van der Waals surface area contributed by atoms with Crippen molar-refractivity contribution in [1.82, 2.24) is 14.5 Å². The van der Waals surface area contributed by atoms with E-state index in [1.807, 2.05) is 13.8 Å². The number of ether oxygens (including phenoxy) is 1. The molecule has 2 N–H and O–H groups in total. The van der Waals surface area contributed by atoms with Gasteiger partial charge in [-0.05, 0) is 38.0 Å². The quantitative estimate of drug-likeness (QED) is 0.893. The van der Waals surface area contributed by atoms with Gasteiger partial charge in [-0.25, -0.2) is 9.37 Å². The average molecular weight is 374 g/mol. The van der Waals surface area contributed by atoms with Gasteiger partial charge in [0.15, 0.2) is 11.6 Å². The first-order valence-electron chi connectivity index (χ1n) is 9.17. The van der Waals surface area contributed by atoms with Crippen LogP contribution in [0.1, 0.15) is 45.1 Å². The molecule has 0 saturated carbocycles. The minimum atomic E-state index is -0.583. The second kappa shape index (κ2) is 6.96. The Balaban J connectivity index is 2.19. The normalized spacial score (nSPS) is 15.8. The van der Waals surface area contributed by atoms with Gasteiger partial charge in [0.25, 0.3) is 0 Å². The summed E-state index contributed by atoms with van der Waals surface area (Å²) in [4.78, 5) is 19.0. The Morgan fingerprint density at radius 1 is 1.37 bits per heavy atom. The van der Waals surface area contributed by atoms with E-state index in [9.17, 15) is 9.18 Å². The van der Waals surface area contributed by atoms with E-state index in [0.717, 1.165) is 22.8 Å². The van der Waals surface area contributed by atoms with E-state index in [1.165, 1.54) is 13.2 Å². The third kappa shape index (κ3) is 3.10. The summed E-state index contributed by atoms with van der Waals surface area (Å²) >= 11 is 0. The van der Waals surface area contributed by atoms with E-state index >= 15 is 0 Å². The molecule has 2 heterocycles. The van der Waals surface area contributed by atoms with Gasteiger partial charge < -0.3 is 19.9 Å². The molecule has 0 atom stereocenters. The van der Waals surface area contributed by atoms with Crippen molar-refractivity contribution < 1.29 is 13.9 Å². The summed E-state index contributed by atoms with van der Waals surface area (Å²) in [5.41, 5.74) is 7.69. The van der Waals surface area contributed by atoms with Crippen LogP contribution in [0.3, 0.4) is 0 Å². The fraction of sp³-hybridized carbons (Fsp3) is 0.500. The van der Waals surface area contributed by atoms with Gasteiger partial charge in [-0.3, -0.25) is 4.79 Å². The number of fused-ring (bicyclic) bond motifs is 1. The highest BCUT2D eigenvalue weighted by molar-refractivity contribution is 5.79. The molecule has 7 heteroatoms. The zero-order valence-electron chi connectivity index (χ0n) is 16.5. The van der Waals surface area contributed by atoms with Gasteiger partial charge in [0.2, 0.25) is 5.91 Å². The maximum Gasteiger partial charge on any atom is 0.237 e. The lowest BCUT2D eigenvalue weighted by Gasteiger charge is -2.42. The smallest absolute Gasteiger partial charge is 0.237 e. The van der Waals surface area contributed by atoms with Crippen LogP contribution in [-0.4, -0.2) is 40.6 Å². The Kier molecular flexibility index (Phi) is 4.99. The van der Waals surface area contributed by atoms with Crippen LogP contribution in [0.4, 0.5) is 4.39 Å². The van der Waals surface area contributed by atoms with Crippen LogP contribution in [0.15, 0.2) is 18.2 Å². The van der Waals surface area contributed by atoms with Gasteiger partial charge >= 0.3 is 0 Å². The molecular weight excluding hydrogens is 347 g/mol. The second-order valence-corrected chi connectivity index (χ2v) is 7.63. The number of carbonyl (C=O) groups excluding carboxylic acids is 1. The highest BCUT2D eigenvalue weighted by Gasteiger charge is 2.41. The number of nitrogens with two attached hydrogens (primary N) is 1. The number of rotatable bonds is 4. The number of amides is 1. The van der Waals surface area contributed by atoms with Crippen molar-refractivity contribution in [3.05, 3.63) is 35.5 Å². The molecule has 1 aliphatic rings. The Hall–Kier alpha value is -2.41. The van der Waals surface area contributed by atoms with Crippen LogP contribution in [0.5, 0.6) is 5.75 Å². The summed E-state index contributed by atoms with van der Waals surface area (Å²) in [7, 11) is 1.45. The zero-order valence-corrected chi connectivity index (χ0v) is 16.5. The molecule has 6 nitrogen and oxygen atoms in total. The molecule has 27 heavy (non-hydrogen) atoms. The lowest BCUT2D eigenvalue weighted by atomic mass is 9.98. The van der Waals surface area contributed by atoms with Gasteiger partial charge in [-0.1, -0.05) is 13.8 Å². The number of methoxy groups -OCH3 is 1. The van der Waals surface area contributed by atoms with Crippen LogP contribution >= 0.6 is 0 Å². The molecule has 0 radical (unpaired) electrons. The van der Waals surface area contributed by atoms with Crippen LogP contribution in [0.2, 0.25) is 0 Å². The third-order valence-corrected chi connectivity index (χ3v) is 5.22. The number of carbonyl (C=O) groups is 1. The second-order valence-electron chi connectivity index (χ2n) is 7.63. The molecule has 1 aromatic heterocycles. The highest BCUT2D eigenvalue weighted by Crippen LogP contribution is 2.39. The summed E-state index contributed by atoms with van der Waals surface area (Å²) in [5, 5.41) is 0. The molecular formula is C20H27FN4O2. The first kappa shape index (κ1) is 19.4. The first-order chi connectivity index (χ1) is 12.7. The van der Waals surface area contributed by atoms with Gasteiger partial charge in [-0.15, -0.1) is 0 Å². The van der Waals surface area contributed by atoms with Crippen molar-refractivity contribution in [2.45, 2.75) is 45.7 Å². The third-order valence-electron chi connectivity index (χ3n) is 5.22. The predicted molar refractivity (Wildman–Crippen MR) is 102 cm³/mol. The van der Waals surface area contributed by atoms with Crippen LogP contribution in [0, 0.1) is 5.82 Å². The SMILES string of the molecule is COc1cc(-c2nc3n(c2C(C)C)CCN(C(=O)CN)C3(C)C)ccc1F. The summed E-state index contributed by atoms with van der Waals surface area (Å²) < 4.78 is 21.2. The van der Waals surface area contributed by atoms with Gasteiger partial charge in [-0.2, -0.15) is 0 Å². The molecule has 0 aliphatic carbocycles. The van der Waals surface area contributed by atoms with Crippen molar-refractivity contribution in [3.8, 4) is 17.0 Å². The number of benzene rings is 1. The van der Waals surface area contributed by atoms with E-state index in [2.05, 4.69) is 18.4 Å². The standard InChI is InChI=1S/C20H27FN4O2/c1-12(2)18-17(13-6-7-14(21)15(10-13)27-5)23-19-20(3,4)25(16(26)11-22)9-8-24(18)19/h6-7,10,12H,8-9,11,22H2,1-5H3. The Bertz CT molecular complexity index is 873. The van der Waals surface area contributed by atoms with E-state index in [4.69, 9.17) is 15.5 Å². The van der Waals surface area contributed by atoms with Crippen molar-refractivity contribution in [3.63, 3.8) is 0 Å². The lowest BCUT2D eigenvalue weighted by molar-refractivity contribution is -0.137. The first-order valence-corrected chi connectivity index (χ1v) is 9.17. The molecule has 0 bridgehead atoms. The number of hydrogen-bond donors (Lipinski definition) is 1. The number of imidazole rings is 1. The van der Waals surface area contributed by atoms with Gasteiger partial charge in [0.05, 0.1) is 24.9 Å². The Morgan fingerprint density at radius 2 is 2.07 bits per heavy atom. The monoisotopic (exact) mass is 374 g/mol. The maximum absolute atomic E-state index is 13.9. The van der Waals surface area contributed by atoms with E-state index in [0.29, 0.717) is 13.1 Å². The zero-order chi connectivity index (χ0) is 19.9. The molecule has 3 rings (SSSR count). The van der Waals surface area contributed by atoms with Crippen molar-refractivity contribution in [1.29, 1.82) is 0 Å². The summed E-state index contributed by atoms with van der Waals surface area (Å²) in [6, 6.07) is 4.78. The minimum absolute atomic E-state index is 0.0246. The maximum atomic E-state index is 13.9. The van der Waals surface area contributed by atoms with E-state index in [-0.39, 0.29) is 24.1 Å². The highest BCUT2D eigenvalue weighted by atomic mass is 19.1. The van der Waals surface area contributed by atoms with Crippen LogP contribution < -0.4 is 10.5 Å². The topological polar surface area (TPSA) is 73.4 Å². The van der Waals surface area contributed by atoms with Gasteiger partial charge in [0.1, 0.15) is 5.82 Å². The fourth-order valence-electron chi connectivity index (χ4n) is 3.91. The van der Waals surface area contributed by atoms with Crippen LogP contribution in [0.25, 0.3) is 11.3 Å². The predicted octanol–water partition coefficient (Wildman–Crippen LogP) is 2.86. The molecule has 0 unspecified atom stereocenters. The summed E-state index contributed by atoms with van der Waals surface area (Å²) in [6.07, 6.45) is 0. The average Bonchev–Trinajstić information content (AvgIpc) is 3.02. The molecule has 0 saturated heterocycles. The number of aromatic nitrogens is 2. The van der Waals surface area contributed by atoms with Crippen molar-refractivity contribution in [2.75, 3.05) is 20.2 Å². The number of halogens is 1. The lowest BCUT2D eigenvalue weighted by Crippen LogP contribution is -2.53. The van der Waals surface area contributed by atoms with E-state index in [1.54, 1.807) is 17.0 Å². The largest absolute Gasteiger partial charge is 0.494 e. The van der Waals surface area contributed by atoms with Crippen molar-refractivity contribution >= 4 is 5.91 Å². The molecule has 2 aromatic rings. The summed E-state index contributed by atoms with van der Waals surface area (Å²) in [5.74, 6) is 0.719. The van der Waals surface area contributed by atoms with E-state index < -0.39 is 11.4 Å². The molecule has 0 fully saturated rings. The molecule has 146 valence electrons. The molecule has 1 amide bonds. The summed E-state index contributed by atoms with van der Waals surface area (Å²) in [6.45, 7) is 9.40. The number of hydrogen-bond acceptors (Lipinski definition) is 4. The van der Waals surface area contributed by atoms with Crippen LogP contribution in [-0.2, 0) is 16.9 Å². The molecule has 0 spiro atoms. The molecule has 1 aliphatic heterocycles. The van der Waals surface area contributed by atoms with Crippen molar-refractivity contribution in [2.24, 2.45) is 5.73 Å². The molecule has 1 aromatic carbocycles.